The Balaban J connectivity index is 2.95. The van der Waals surface area contributed by atoms with Gasteiger partial charge in [-0.2, -0.15) is 0 Å². The van der Waals surface area contributed by atoms with Crippen LogP contribution in [0.3, 0.4) is 0 Å². The summed E-state index contributed by atoms with van der Waals surface area (Å²) in [4.78, 5) is 10.7. The Kier molecular flexibility index (Phi) is 2.40. The van der Waals surface area contributed by atoms with Gasteiger partial charge in [-0.15, -0.1) is 0 Å². The molecule has 3 nitrogen and oxygen atoms in total. The monoisotopic (exact) mass is 168 g/mol. The van der Waals surface area contributed by atoms with Crippen LogP contribution < -0.4 is 10.9 Å². The molecule has 1 aromatic carbocycles. The number of anilines is 1. The molecule has 0 spiro atoms. The van der Waals surface area contributed by atoms with Crippen molar-refractivity contribution < 1.29 is 9.18 Å². The third-order valence-corrected chi connectivity index (χ3v) is 1.43. The fourth-order valence-corrected chi connectivity index (χ4v) is 0.808. The van der Waals surface area contributed by atoms with Gasteiger partial charge in [-0.3, -0.25) is 4.79 Å². The van der Waals surface area contributed by atoms with E-state index >= 15 is 0 Å². The van der Waals surface area contributed by atoms with Crippen molar-refractivity contribution in [2.75, 3.05) is 5.01 Å². The average molecular weight is 168 g/mol. The molecule has 0 aliphatic rings. The smallest absolute Gasteiger partial charge is 0.238 e. The number of amides is 1. The predicted octanol–water partition coefficient (Wildman–Crippen LogP) is 1.05. The van der Waals surface area contributed by atoms with Crippen LogP contribution in [0.25, 0.3) is 0 Å². The summed E-state index contributed by atoms with van der Waals surface area (Å²) in [6.45, 7) is 1.31. The molecule has 1 aromatic rings. The first-order valence-corrected chi connectivity index (χ1v) is 3.42. The lowest BCUT2D eigenvalue weighted by Crippen LogP contribution is -2.35. The Morgan fingerprint density at radius 2 is 2.25 bits per heavy atom. The second kappa shape index (κ2) is 3.32. The fourth-order valence-electron chi connectivity index (χ4n) is 0.808. The molecular weight excluding hydrogens is 159 g/mol. The molecule has 0 heterocycles. The van der Waals surface area contributed by atoms with Crippen molar-refractivity contribution >= 4 is 11.6 Å². The van der Waals surface area contributed by atoms with Crippen molar-refractivity contribution in [2.45, 2.75) is 6.92 Å². The number of nitrogens with zero attached hydrogens (tertiary/aromatic N) is 1. The Labute approximate surface area is 69.6 Å². The van der Waals surface area contributed by atoms with Gasteiger partial charge in [0.1, 0.15) is 5.82 Å². The minimum absolute atomic E-state index is 0.333. The molecule has 0 unspecified atom stereocenters. The molecule has 0 aliphatic carbocycles. The molecule has 1 amide bonds. The number of nitrogens with two attached hydrogens (primary N) is 1. The Bertz CT molecular complexity index is 301. The summed E-state index contributed by atoms with van der Waals surface area (Å²) in [6, 6.07) is 5.54. The van der Waals surface area contributed by atoms with E-state index < -0.39 is 5.82 Å². The van der Waals surface area contributed by atoms with Crippen LogP contribution in [0, 0.1) is 5.82 Å². The fraction of sp³-hybridized carbons (Fsp3) is 0.125. The van der Waals surface area contributed by atoms with Crippen molar-refractivity contribution in [2.24, 2.45) is 5.84 Å². The van der Waals surface area contributed by atoms with E-state index in [1.54, 1.807) is 6.07 Å². The first-order valence-electron chi connectivity index (χ1n) is 3.42. The van der Waals surface area contributed by atoms with Gasteiger partial charge < -0.3 is 0 Å². The topological polar surface area (TPSA) is 46.3 Å². The quantitative estimate of drug-likeness (QED) is 0.387. The number of carbonyl (C=O) groups is 1. The maximum atomic E-state index is 12.6. The van der Waals surface area contributed by atoms with Crippen LogP contribution >= 0.6 is 0 Å². The molecule has 0 bridgehead atoms. The van der Waals surface area contributed by atoms with Gasteiger partial charge in [0.2, 0.25) is 5.91 Å². The SMILES string of the molecule is CC(=O)N(N)c1cccc(F)c1. The number of hydrazine groups is 1. The summed E-state index contributed by atoms with van der Waals surface area (Å²) in [6.07, 6.45) is 0. The highest BCUT2D eigenvalue weighted by atomic mass is 19.1. The normalized spacial score (nSPS) is 9.58. The number of benzene rings is 1. The lowest BCUT2D eigenvalue weighted by Gasteiger charge is -2.13. The largest absolute Gasteiger partial charge is 0.273 e. The summed E-state index contributed by atoms with van der Waals surface area (Å²) in [5, 5.41) is 0.892. The summed E-state index contributed by atoms with van der Waals surface area (Å²) in [5.74, 6) is 4.58. The Hall–Kier alpha value is -1.42. The number of hydrogen-bond acceptors (Lipinski definition) is 2. The maximum Gasteiger partial charge on any atom is 0.238 e. The molecule has 0 saturated heterocycles. The summed E-state index contributed by atoms with van der Waals surface area (Å²) < 4.78 is 12.6. The number of halogens is 1. The summed E-state index contributed by atoms with van der Waals surface area (Å²) in [7, 11) is 0. The van der Waals surface area contributed by atoms with E-state index in [-0.39, 0.29) is 5.91 Å². The summed E-state index contributed by atoms with van der Waals surface area (Å²) >= 11 is 0. The molecule has 12 heavy (non-hydrogen) atoms. The van der Waals surface area contributed by atoms with Gasteiger partial charge in [-0.05, 0) is 18.2 Å². The molecule has 1 rings (SSSR count). The van der Waals surface area contributed by atoms with Gasteiger partial charge in [-0.1, -0.05) is 6.07 Å². The average Bonchev–Trinajstić information content (AvgIpc) is 2.03. The van der Waals surface area contributed by atoms with E-state index in [0.717, 1.165) is 5.01 Å². The number of carbonyl (C=O) groups excluding carboxylic acids is 1. The van der Waals surface area contributed by atoms with Crippen LogP contribution in [0.1, 0.15) is 6.92 Å². The molecular formula is C8H9FN2O. The summed E-state index contributed by atoms with van der Waals surface area (Å²) in [5.41, 5.74) is 0.350. The van der Waals surface area contributed by atoms with E-state index in [1.807, 2.05) is 0 Å². The molecule has 0 saturated carbocycles. The van der Waals surface area contributed by atoms with Gasteiger partial charge in [0.05, 0.1) is 5.69 Å². The van der Waals surface area contributed by atoms with Crippen LogP contribution in [-0.2, 0) is 4.79 Å². The lowest BCUT2D eigenvalue weighted by atomic mass is 10.3. The van der Waals surface area contributed by atoms with E-state index in [4.69, 9.17) is 5.84 Å². The van der Waals surface area contributed by atoms with Crippen LogP contribution in [0.4, 0.5) is 10.1 Å². The minimum atomic E-state index is -0.413. The van der Waals surface area contributed by atoms with Crippen molar-refractivity contribution in [3.05, 3.63) is 30.1 Å². The van der Waals surface area contributed by atoms with Gasteiger partial charge in [0.15, 0.2) is 0 Å². The zero-order valence-corrected chi connectivity index (χ0v) is 6.62. The molecule has 0 aromatic heterocycles. The van der Waals surface area contributed by atoms with Crippen LogP contribution in [0.5, 0.6) is 0 Å². The van der Waals surface area contributed by atoms with E-state index in [9.17, 15) is 9.18 Å². The highest BCUT2D eigenvalue weighted by Crippen LogP contribution is 2.11. The van der Waals surface area contributed by atoms with Crippen LogP contribution in [0.15, 0.2) is 24.3 Å². The minimum Gasteiger partial charge on any atom is -0.273 e. The molecule has 4 heteroatoms. The van der Waals surface area contributed by atoms with Gasteiger partial charge in [0.25, 0.3) is 0 Å². The third kappa shape index (κ3) is 1.79. The second-order valence-electron chi connectivity index (χ2n) is 2.37. The Morgan fingerprint density at radius 3 is 2.75 bits per heavy atom. The standard InChI is InChI=1S/C8H9FN2O/c1-6(12)11(10)8-4-2-3-7(9)5-8/h2-5H,10H2,1H3. The van der Waals surface area contributed by atoms with Crippen molar-refractivity contribution in [3.63, 3.8) is 0 Å². The number of hydrogen-bond donors (Lipinski definition) is 1. The Morgan fingerprint density at radius 1 is 1.58 bits per heavy atom. The molecule has 0 radical (unpaired) electrons. The van der Waals surface area contributed by atoms with Gasteiger partial charge in [-0.25, -0.2) is 15.2 Å². The third-order valence-electron chi connectivity index (χ3n) is 1.43. The predicted molar refractivity (Wildman–Crippen MR) is 43.7 cm³/mol. The highest BCUT2D eigenvalue weighted by molar-refractivity contribution is 5.90. The van der Waals surface area contributed by atoms with Gasteiger partial charge in [0, 0.05) is 6.92 Å². The zero-order chi connectivity index (χ0) is 9.14. The second-order valence-corrected chi connectivity index (χ2v) is 2.37. The maximum absolute atomic E-state index is 12.6. The zero-order valence-electron chi connectivity index (χ0n) is 6.62. The molecule has 0 aliphatic heterocycles. The first kappa shape index (κ1) is 8.67. The van der Waals surface area contributed by atoms with Crippen molar-refractivity contribution in [1.29, 1.82) is 0 Å². The van der Waals surface area contributed by atoms with Crippen LogP contribution in [0.2, 0.25) is 0 Å². The highest BCUT2D eigenvalue weighted by Gasteiger charge is 2.05. The molecule has 0 atom stereocenters. The van der Waals surface area contributed by atoms with E-state index in [2.05, 4.69) is 0 Å². The number of rotatable bonds is 1. The molecule has 64 valence electrons. The van der Waals surface area contributed by atoms with Crippen molar-refractivity contribution in [1.82, 2.24) is 0 Å². The van der Waals surface area contributed by atoms with Crippen LogP contribution in [-0.4, -0.2) is 5.91 Å². The van der Waals surface area contributed by atoms with Gasteiger partial charge >= 0.3 is 0 Å². The first-order chi connectivity index (χ1) is 5.61. The van der Waals surface area contributed by atoms with E-state index in [0.29, 0.717) is 5.69 Å². The molecule has 0 fully saturated rings. The lowest BCUT2D eigenvalue weighted by molar-refractivity contribution is -0.116. The van der Waals surface area contributed by atoms with E-state index in [1.165, 1.54) is 25.1 Å². The molecule has 2 N–H and O–H groups in total. The van der Waals surface area contributed by atoms with Crippen molar-refractivity contribution in [3.8, 4) is 0 Å².